The van der Waals surface area contributed by atoms with Crippen LogP contribution in [0.3, 0.4) is 0 Å². The summed E-state index contributed by atoms with van der Waals surface area (Å²) in [6, 6.07) is 2.60. The Kier molecular flexibility index (Phi) is 3.89. The Balaban J connectivity index is 2.27. The van der Waals surface area contributed by atoms with Crippen LogP contribution < -0.4 is 0 Å². The van der Waals surface area contributed by atoms with E-state index in [2.05, 4.69) is 24.5 Å². The smallest absolute Gasteiger partial charge is 0.0807 e. The number of hydrogen-bond acceptors (Lipinski definition) is 2. The molecule has 0 radical (unpaired) electrons. The highest BCUT2D eigenvalue weighted by molar-refractivity contribution is 5.32. The number of ether oxygens (including phenoxy) is 1. The number of aliphatic hydroxyl groups excluding tert-OH is 1. The fourth-order valence-electron chi connectivity index (χ4n) is 2.93. The highest BCUT2D eigenvalue weighted by Gasteiger charge is 2.24. The molecular formula is C14H23NO2. The lowest BCUT2D eigenvalue weighted by Crippen LogP contribution is -2.16. The van der Waals surface area contributed by atoms with Crippen molar-refractivity contribution in [3.8, 4) is 0 Å². The molecule has 17 heavy (non-hydrogen) atoms. The van der Waals surface area contributed by atoms with Gasteiger partial charge in [0.05, 0.1) is 6.10 Å². The largest absolute Gasteiger partial charge is 0.388 e. The fourth-order valence-corrected chi connectivity index (χ4v) is 2.93. The second-order valence-electron chi connectivity index (χ2n) is 5.10. The Labute approximate surface area is 103 Å². The van der Waals surface area contributed by atoms with Gasteiger partial charge in [0, 0.05) is 36.7 Å². The second-order valence-corrected chi connectivity index (χ2v) is 5.10. The van der Waals surface area contributed by atoms with Gasteiger partial charge in [0.25, 0.3) is 0 Å². The van der Waals surface area contributed by atoms with E-state index in [1.807, 2.05) is 0 Å². The summed E-state index contributed by atoms with van der Waals surface area (Å²) in [6.07, 6.45) is 3.86. The van der Waals surface area contributed by atoms with Crippen LogP contribution in [-0.4, -0.2) is 23.4 Å². The minimum atomic E-state index is -0.256. The predicted octanol–water partition coefficient (Wildman–Crippen LogP) is 2.76. The van der Waals surface area contributed by atoms with Gasteiger partial charge in [-0.3, -0.25) is 0 Å². The number of fused-ring (bicyclic) bond motifs is 1. The van der Waals surface area contributed by atoms with Crippen LogP contribution in [0.5, 0.6) is 0 Å². The van der Waals surface area contributed by atoms with E-state index in [0.29, 0.717) is 6.04 Å². The Morgan fingerprint density at radius 1 is 1.59 bits per heavy atom. The van der Waals surface area contributed by atoms with Crippen molar-refractivity contribution < 1.29 is 9.84 Å². The monoisotopic (exact) mass is 237 g/mol. The molecule has 0 bridgehead atoms. The van der Waals surface area contributed by atoms with Crippen LogP contribution in [0.15, 0.2) is 6.07 Å². The third kappa shape index (κ3) is 2.40. The first kappa shape index (κ1) is 12.7. The van der Waals surface area contributed by atoms with Crippen molar-refractivity contribution in [2.75, 3.05) is 13.7 Å². The van der Waals surface area contributed by atoms with Gasteiger partial charge in [-0.15, -0.1) is 0 Å². The summed E-state index contributed by atoms with van der Waals surface area (Å²) in [5, 5.41) is 10.0. The molecule has 0 fully saturated rings. The van der Waals surface area contributed by atoms with E-state index in [1.54, 1.807) is 7.11 Å². The summed E-state index contributed by atoms with van der Waals surface area (Å²) < 4.78 is 7.54. The molecule has 96 valence electrons. The second kappa shape index (κ2) is 5.23. The number of aryl methyl sites for hydroxylation is 1. The summed E-state index contributed by atoms with van der Waals surface area (Å²) in [5.41, 5.74) is 3.75. The molecule has 1 aliphatic carbocycles. The maximum Gasteiger partial charge on any atom is 0.0807 e. The Morgan fingerprint density at radius 2 is 2.35 bits per heavy atom. The van der Waals surface area contributed by atoms with Crippen LogP contribution >= 0.6 is 0 Å². The van der Waals surface area contributed by atoms with Crippen molar-refractivity contribution in [3.63, 3.8) is 0 Å². The van der Waals surface area contributed by atoms with Gasteiger partial charge in [0.15, 0.2) is 0 Å². The molecule has 1 heterocycles. The van der Waals surface area contributed by atoms with E-state index < -0.39 is 0 Å². The molecule has 1 N–H and O–H groups in total. The zero-order chi connectivity index (χ0) is 12.4. The van der Waals surface area contributed by atoms with Crippen LogP contribution in [0.2, 0.25) is 0 Å². The van der Waals surface area contributed by atoms with E-state index >= 15 is 0 Å². The number of nitrogens with zero attached hydrogens (tertiary/aromatic N) is 1. The maximum absolute atomic E-state index is 10.0. The first-order valence-corrected chi connectivity index (χ1v) is 6.52. The van der Waals surface area contributed by atoms with Gasteiger partial charge >= 0.3 is 0 Å². The van der Waals surface area contributed by atoms with Crippen molar-refractivity contribution in [1.82, 2.24) is 4.57 Å². The first-order chi connectivity index (χ1) is 8.15. The van der Waals surface area contributed by atoms with Crippen molar-refractivity contribution in [3.05, 3.63) is 23.0 Å². The van der Waals surface area contributed by atoms with Gasteiger partial charge < -0.3 is 14.4 Å². The summed E-state index contributed by atoms with van der Waals surface area (Å²) in [7, 11) is 1.74. The summed E-state index contributed by atoms with van der Waals surface area (Å²) >= 11 is 0. The average Bonchev–Trinajstić information content (AvgIpc) is 2.64. The quantitative estimate of drug-likeness (QED) is 0.873. The number of aliphatic hydroxyl groups is 1. The van der Waals surface area contributed by atoms with Gasteiger partial charge in [-0.25, -0.2) is 0 Å². The number of aromatic nitrogens is 1. The molecule has 0 amide bonds. The standard InChI is InChI=1S/C14H23NO2/c1-10(7-8-17-3)15-11(2)9-12-13(15)5-4-6-14(12)16/h9-10,14,16H,4-8H2,1-3H3. The molecule has 0 aliphatic heterocycles. The van der Waals surface area contributed by atoms with Gasteiger partial charge in [-0.1, -0.05) is 0 Å². The lowest BCUT2D eigenvalue weighted by atomic mass is 9.95. The normalized spacial score (nSPS) is 21.3. The van der Waals surface area contributed by atoms with E-state index in [9.17, 15) is 5.11 Å². The molecule has 2 atom stereocenters. The third-order valence-corrected chi connectivity index (χ3v) is 3.80. The zero-order valence-electron chi connectivity index (χ0n) is 11.1. The molecule has 3 nitrogen and oxygen atoms in total. The molecular weight excluding hydrogens is 214 g/mol. The number of hydrogen-bond donors (Lipinski definition) is 1. The predicted molar refractivity (Wildman–Crippen MR) is 68.3 cm³/mol. The van der Waals surface area contributed by atoms with Gasteiger partial charge in [0.1, 0.15) is 0 Å². The van der Waals surface area contributed by atoms with Gasteiger partial charge in [0.2, 0.25) is 0 Å². The Hall–Kier alpha value is -0.800. The van der Waals surface area contributed by atoms with Crippen molar-refractivity contribution in [2.45, 2.75) is 51.7 Å². The van der Waals surface area contributed by atoms with Crippen molar-refractivity contribution in [1.29, 1.82) is 0 Å². The molecule has 0 spiro atoms. The zero-order valence-corrected chi connectivity index (χ0v) is 11.1. The molecule has 2 rings (SSSR count). The van der Waals surface area contributed by atoms with Crippen LogP contribution in [0.25, 0.3) is 0 Å². The molecule has 0 aromatic carbocycles. The van der Waals surface area contributed by atoms with Gasteiger partial charge in [-0.05, 0) is 45.6 Å². The molecule has 3 heteroatoms. The van der Waals surface area contributed by atoms with E-state index in [4.69, 9.17) is 4.74 Å². The molecule has 1 aliphatic rings. The van der Waals surface area contributed by atoms with Crippen LogP contribution in [-0.2, 0) is 11.2 Å². The van der Waals surface area contributed by atoms with Crippen LogP contribution in [0.4, 0.5) is 0 Å². The fraction of sp³-hybridized carbons (Fsp3) is 0.714. The Bertz CT molecular complexity index is 384. The highest BCUT2D eigenvalue weighted by Crippen LogP contribution is 2.34. The lowest BCUT2D eigenvalue weighted by Gasteiger charge is -2.24. The Morgan fingerprint density at radius 3 is 3.06 bits per heavy atom. The van der Waals surface area contributed by atoms with E-state index in [0.717, 1.165) is 37.9 Å². The summed E-state index contributed by atoms with van der Waals surface area (Å²) in [5.74, 6) is 0. The third-order valence-electron chi connectivity index (χ3n) is 3.80. The molecule has 0 saturated carbocycles. The number of rotatable bonds is 4. The van der Waals surface area contributed by atoms with Gasteiger partial charge in [-0.2, -0.15) is 0 Å². The highest BCUT2D eigenvalue weighted by atomic mass is 16.5. The topological polar surface area (TPSA) is 34.4 Å². The molecule has 0 saturated heterocycles. The lowest BCUT2D eigenvalue weighted by molar-refractivity contribution is 0.154. The minimum Gasteiger partial charge on any atom is -0.388 e. The van der Waals surface area contributed by atoms with Crippen molar-refractivity contribution in [2.24, 2.45) is 0 Å². The summed E-state index contributed by atoms with van der Waals surface area (Å²) in [6.45, 7) is 5.15. The van der Waals surface area contributed by atoms with Crippen LogP contribution in [0, 0.1) is 6.92 Å². The molecule has 2 unspecified atom stereocenters. The van der Waals surface area contributed by atoms with Crippen LogP contribution in [0.1, 0.15) is 55.3 Å². The first-order valence-electron chi connectivity index (χ1n) is 6.52. The number of methoxy groups -OCH3 is 1. The van der Waals surface area contributed by atoms with E-state index in [1.165, 1.54) is 11.4 Å². The summed E-state index contributed by atoms with van der Waals surface area (Å²) in [4.78, 5) is 0. The van der Waals surface area contributed by atoms with E-state index in [-0.39, 0.29) is 6.10 Å². The van der Waals surface area contributed by atoms with Crippen molar-refractivity contribution >= 4 is 0 Å². The molecule has 1 aromatic rings. The SMILES string of the molecule is COCCC(C)n1c(C)cc2c1CCCC2O. The minimum absolute atomic E-state index is 0.256. The average molecular weight is 237 g/mol. The maximum atomic E-state index is 10.0. The molecule has 1 aromatic heterocycles.